The standard InChI is InChI=1S/C12H16N2O4S2/c15-10(16)7-19-5-3-13-11(17)8-6-20-12(14-8)9-2-1-4-18-9/h6,9H,1-5,7H2,(H,13,17)(H,15,16). The second-order valence-electron chi connectivity index (χ2n) is 4.27. The fourth-order valence-electron chi connectivity index (χ4n) is 1.80. The predicted molar refractivity (Wildman–Crippen MR) is 77.3 cm³/mol. The van der Waals surface area contributed by atoms with Gasteiger partial charge in [-0.2, -0.15) is 0 Å². The fourth-order valence-corrected chi connectivity index (χ4v) is 3.25. The lowest BCUT2D eigenvalue weighted by Gasteiger charge is -2.04. The van der Waals surface area contributed by atoms with Gasteiger partial charge in [-0.3, -0.25) is 9.59 Å². The molecule has 2 rings (SSSR count). The molecule has 1 aliphatic heterocycles. The number of thioether (sulfide) groups is 1. The van der Waals surface area contributed by atoms with E-state index in [9.17, 15) is 9.59 Å². The molecule has 110 valence electrons. The van der Waals surface area contributed by atoms with E-state index >= 15 is 0 Å². The molecule has 1 amide bonds. The number of nitrogens with one attached hydrogen (secondary N) is 1. The SMILES string of the molecule is O=C(O)CSCCNC(=O)c1csc(C2CCCO2)n1. The summed E-state index contributed by atoms with van der Waals surface area (Å²) in [4.78, 5) is 26.5. The maximum absolute atomic E-state index is 11.8. The molecule has 0 spiro atoms. The zero-order valence-electron chi connectivity index (χ0n) is 10.8. The molecule has 1 aromatic heterocycles. The van der Waals surface area contributed by atoms with Crippen molar-refractivity contribution >= 4 is 35.0 Å². The highest BCUT2D eigenvalue weighted by Crippen LogP contribution is 2.30. The summed E-state index contributed by atoms with van der Waals surface area (Å²) in [6.07, 6.45) is 2.03. The van der Waals surface area contributed by atoms with Crippen molar-refractivity contribution in [2.24, 2.45) is 0 Å². The molecule has 0 aliphatic carbocycles. The number of amides is 1. The monoisotopic (exact) mass is 316 g/mol. The van der Waals surface area contributed by atoms with E-state index in [1.165, 1.54) is 23.1 Å². The second kappa shape index (κ2) is 7.61. The number of nitrogens with zero attached hydrogens (tertiary/aromatic N) is 1. The summed E-state index contributed by atoms with van der Waals surface area (Å²) in [5.41, 5.74) is 0.406. The average Bonchev–Trinajstić information content (AvgIpc) is 3.08. The largest absolute Gasteiger partial charge is 0.481 e. The number of rotatable bonds is 7. The van der Waals surface area contributed by atoms with Gasteiger partial charge in [0.05, 0.1) is 5.75 Å². The van der Waals surface area contributed by atoms with Crippen molar-refractivity contribution < 1.29 is 19.4 Å². The summed E-state index contributed by atoms with van der Waals surface area (Å²) >= 11 is 2.71. The van der Waals surface area contributed by atoms with Gasteiger partial charge in [0, 0.05) is 24.3 Å². The van der Waals surface area contributed by atoms with Crippen LogP contribution >= 0.6 is 23.1 Å². The second-order valence-corrected chi connectivity index (χ2v) is 6.27. The Morgan fingerprint density at radius 3 is 3.15 bits per heavy atom. The van der Waals surface area contributed by atoms with Crippen molar-refractivity contribution in [3.8, 4) is 0 Å². The Morgan fingerprint density at radius 2 is 2.45 bits per heavy atom. The number of carbonyl (C=O) groups is 2. The van der Waals surface area contributed by atoms with E-state index in [1.54, 1.807) is 5.38 Å². The third kappa shape index (κ3) is 4.46. The van der Waals surface area contributed by atoms with Crippen LogP contribution in [0.15, 0.2) is 5.38 Å². The molecule has 0 bridgehead atoms. The first-order valence-electron chi connectivity index (χ1n) is 6.31. The van der Waals surface area contributed by atoms with Crippen molar-refractivity contribution in [2.45, 2.75) is 18.9 Å². The predicted octanol–water partition coefficient (Wildman–Crippen LogP) is 1.54. The minimum atomic E-state index is -0.845. The highest BCUT2D eigenvalue weighted by Gasteiger charge is 2.22. The Morgan fingerprint density at radius 1 is 1.60 bits per heavy atom. The Balaban J connectivity index is 1.73. The van der Waals surface area contributed by atoms with Crippen LogP contribution in [0.5, 0.6) is 0 Å². The van der Waals surface area contributed by atoms with Crippen molar-refractivity contribution in [3.05, 3.63) is 16.1 Å². The first-order chi connectivity index (χ1) is 9.66. The number of aromatic nitrogens is 1. The molecule has 20 heavy (non-hydrogen) atoms. The van der Waals surface area contributed by atoms with Crippen molar-refractivity contribution in [3.63, 3.8) is 0 Å². The topological polar surface area (TPSA) is 88.5 Å². The molecule has 8 heteroatoms. The molecule has 2 heterocycles. The van der Waals surface area contributed by atoms with E-state index < -0.39 is 5.97 Å². The van der Waals surface area contributed by atoms with Gasteiger partial charge in [-0.1, -0.05) is 0 Å². The number of hydrogen-bond donors (Lipinski definition) is 2. The molecule has 0 saturated carbocycles. The summed E-state index contributed by atoms with van der Waals surface area (Å²) < 4.78 is 5.52. The first-order valence-corrected chi connectivity index (χ1v) is 8.35. The maximum Gasteiger partial charge on any atom is 0.313 e. The lowest BCUT2D eigenvalue weighted by molar-refractivity contribution is -0.133. The van der Waals surface area contributed by atoms with E-state index in [4.69, 9.17) is 9.84 Å². The van der Waals surface area contributed by atoms with Crippen LogP contribution in [0.2, 0.25) is 0 Å². The normalized spacial score (nSPS) is 18.1. The van der Waals surface area contributed by atoms with E-state index in [2.05, 4.69) is 10.3 Å². The fraction of sp³-hybridized carbons (Fsp3) is 0.583. The molecular weight excluding hydrogens is 300 g/mol. The van der Waals surface area contributed by atoms with Gasteiger partial charge in [0.2, 0.25) is 0 Å². The average molecular weight is 316 g/mol. The van der Waals surface area contributed by atoms with Gasteiger partial charge >= 0.3 is 5.97 Å². The molecule has 1 saturated heterocycles. The van der Waals surface area contributed by atoms with Crippen LogP contribution in [0.3, 0.4) is 0 Å². The third-order valence-electron chi connectivity index (χ3n) is 2.72. The minimum Gasteiger partial charge on any atom is -0.481 e. The van der Waals surface area contributed by atoms with Crippen LogP contribution in [-0.4, -0.2) is 46.6 Å². The van der Waals surface area contributed by atoms with Crippen molar-refractivity contribution in [2.75, 3.05) is 24.7 Å². The minimum absolute atomic E-state index is 0.0349. The van der Waals surface area contributed by atoms with E-state index in [0.717, 1.165) is 24.5 Å². The number of thiazole rings is 1. The van der Waals surface area contributed by atoms with E-state index in [0.29, 0.717) is 18.0 Å². The number of hydrogen-bond acceptors (Lipinski definition) is 6. The lowest BCUT2D eigenvalue weighted by atomic mass is 10.2. The molecule has 1 aliphatic rings. The Labute approximate surface area is 124 Å². The highest BCUT2D eigenvalue weighted by atomic mass is 32.2. The van der Waals surface area contributed by atoms with Crippen molar-refractivity contribution in [1.29, 1.82) is 0 Å². The zero-order chi connectivity index (χ0) is 14.4. The smallest absolute Gasteiger partial charge is 0.313 e. The molecule has 1 atom stereocenters. The van der Waals surface area contributed by atoms with Crippen LogP contribution in [-0.2, 0) is 9.53 Å². The van der Waals surface area contributed by atoms with Crippen LogP contribution in [0, 0.1) is 0 Å². The highest BCUT2D eigenvalue weighted by molar-refractivity contribution is 7.99. The molecule has 2 N–H and O–H groups in total. The molecule has 1 fully saturated rings. The summed E-state index contributed by atoms with van der Waals surface area (Å²) in [6.45, 7) is 1.19. The van der Waals surface area contributed by atoms with Crippen LogP contribution in [0.25, 0.3) is 0 Å². The van der Waals surface area contributed by atoms with Gasteiger partial charge < -0.3 is 15.2 Å². The zero-order valence-corrected chi connectivity index (χ0v) is 12.5. The van der Waals surface area contributed by atoms with Crippen molar-refractivity contribution in [1.82, 2.24) is 10.3 Å². The number of carbonyl (C=O) groups excluding carboxylic acids is 1. The van der Waals surface area contributed by atoms with Gasteiger partial charge in [0.25, 0.3) is 5.91 Å². The number of aliphatic carboxylic acids is 1. The first kappa shape index (κ1) is 15.3. The summed E-state index contributed by atoms with van der Waals surface area (Å²) in [5, 5.41) is 13.8. The third-order valence-corrected chi connectivity index (χ3v) is 4.60. The number of ether oxygens (including phenoxy) is 1. The van der Waals surface area contributed by atoms with E-state index in [1.807, 2.05) is 0 Å². The Bertz CT molecular complexity index is 472. The molecule has 1 aromatic rings. The van der Waals surface area contributed by atoms with Gasteiger partial charge in [0.1, 0.15) is 16.8 Å². The molecule has 6 nitrogen and oxygen atoms in total. The van der Waals surface area contributed by atoms with Crippen LogP contribution in [0.4, 0.5) is 0 Å². The summed E-state index contributed by atoms with van der Waals surface area (Å²) in [7, 11) is 0. The molecule has 0 aromatic carbocycles. The molecular formula is C12H16N2O4S2. The van der Waals surface area contributed by atoms with Gasteiger partial charge in [-0.25, -0.2) is 4.98 Å². The number of carboxylic acids is 1. The number of carboxylic acid groups (broad SMARTS) is 1. The van der Waals surface area contributed by atoms with Gasteiger partial charge in [0.15, 0.2) is 0 Å². The Kier molecular flexibility index (Phi) is 5.81. The van der Waals surface area contributed by atoms with E-state index in [-0.39, 0.29) is 17.8 Å². The van der Waals surface area contributed by atoms with Crippen LogP contribution < -0.4 is 5.32 Å². The lowest BCUT2D eigenvalue weighted by Crippen LogP contribution is -2.26. The molecule has 1 unspecified atom stereocenters. The molecule has 0 radical (unpaired) electrons. The van der Waals surface area contributed by atoms with Crippen LogP contribution in [0.1, 0.15) is 34.4 Å². The van der Waals surface area contributed by atoms with Gasteiger partial charge in [-0.15, -0.1) is 23.1 Å². The summed E-state index contributed by atoms with van der Waals surface area (Å²) in [6, 6.07) is 0. The maximum atomic E-state index is 11.8. The van der Waals surface area contributed by atoms with Gasteiger partial charge in [-0.05, 0) is 12.8 Å². The summed E-state index contributed by atoms with van der Waals surface area (Å²) in [5.74, 6) is -0.445. The quantitative estimate of drug-likeness (QED) is 0.742. The Hall–Kier alpha value is -1.12.